The molecule has 0 atom stereocenters. The van der Waals surface area contributed by atoms with Gasteiger partial charge in [0, 0.05) is 5.69 Å². The van der Waals surface area contributed by atoms with Crippen LogP contribution in [0.2, 0.25) is 0 Å². The zero-order valence-electron chi connectivity index (χ0n) is 8.22. The minimum absolute atomic E-state index is 0.490. The molecular formula is C11H16N2. The van der Waals surface area contributed by atoms with Gasteiger partial charge in [0.05, 0.1) is 5.82 Å². The normalized spacial score (nSPS) is 9.69. The fraction of sp³-hybridized carbons (Fsp3) is 0.273. The molecule has 2 nitrogen and oxygen atoms in total. The lowest BCUT2D eigenvalue weighted by atomic mass is 10.1. The van der Waals surface area contributed by atoms with Crippen molar-refractivity contribution in [3.63, 3.8) is 0 Å². The zero-order chi connectivity index (χ0) is 9.84. The molecule has 0 unspecified atom stereocenters. The molecule has 1 rings (SSSR count). The number of benzene rings is 1. The molecule has 70 valence electrons. The minimum Gasteiger partial charge on any atom is -0.386 e. The van der Waals surface area contributed by atoms with Crippen LogP contribution in [0.15, 0.2) is 30.6 Å². The molecule has 0 aliphatic heterocycles. The lowest BCUT2D eigenvalue weighted by molar-refractivity contribution is 1.12. The van der Waals surface area contributed by atoms with E-state index in [1.54, 1.807) is 0 Å². The van der Waals surface area contributed by atoms with E-state index in [9.17, 15) is 0 Å². The number of anilines is 1. The van der Waals surface area contributed by atoms with Gasteiger partial charge >= 0.3 is 0 Å². The highest BCUT2D eigenvalue weighted by molar-refractivity contribution is 5.59. The van der Waals surface area contributed by atoms with Gasteiger partial charge in [0.15, 0.2) is 0 Å². The molecule has 0 radical (unpaired) electrons. The van der Waals surface area contributed by atoms with E-state index in [-0.39, 0.29) is 0 Å². The highest BCUT2D eigenvalue weighted by Gasteiger charge is 2.02. The van der Waals surface area contributed by atoms with Crippen LogP contribution >= 0.6 is 0 Å². The molecule has 0 spiro atoms. The Bertz CT molecular complexity index is 316. The average Bonchev–Trinajstić information content (AvgIpc) is 2.08. The fourth-order valence-corrected chi connectivity index (χ4v) is 1.36. The summed E-state index contributed by atoms with van der Waals surface area (Å²) >= 11 is 0. The Morgan fingerprint density at radius 1 is 1.54 bits per heavy atom. The predicted octanol–water partition coefficient (Wildman–Crippen LogP) is 2.40. The van der Waals surface area contributed by atoms with Gasteiger partial charge in [-0.25, -0.2) is 0 Å². The first kappa shape index (κ1) is 9.65. The third kappa shape index (κ3) is 2.25. The molecular weight excluding hydrogens is 160 g/mol. The molecule has 0 aliphatic rings. The molecule has 0 fully saturated rings. The van der Waals surface area contributed by atoms with E-state index >= 15 is 0 Å². The number of nitrogens with one attached hydrogen (secondary N) is 1. The molecule has 1 aromatic carbocycles. The third-order valence-corrected chi connectivity index (χ3v) is 2.03. The Hall–Kier alpha value is -1.44. The van der Waals surface area contributed by atoms with Crippen LogP contribution in [-0.4, -0.2) is 0 Å². The molecule has 0 bridgehead atoms. The van der Waals surface area contributed by atoms with Crippen LogP contribution in [-0.2, 0) is 6.42 Å². The Morgan fingerprint density at radius 3 is 2.77 bits per heavy atom. The number of hydrogen-bond acceptors (Lipinski definition) is 2. The first-order chi connectivity index (χ1) is 6.15. The van der Waals surface area contributed by atoms with Crippen LogP contribution in [0.25, 0.3) is 0 Å². The molecule has 0 saturated carbocycles. The second-order valence-electron chi connectivity index (χ2n) is 3.11. The van der Waals surface area contributed by atoms with E-state index in [1.165, 1.54) is 11.1 Å². The van der Waals surface area contributed by atoms with Crippen molar-refractivity contribution in [2.24, 2.45) is 5.73 Å². The maximum atomic E-state index is 5.51. The molecule has 0 heterocycles. The summed E-state index contributed by atoms with van der Waals surface area (Å²) in [6.07, 6.45) is 0.997. The van der Waals surface area contributed by atoms with Crippen LogP contribution in [0.5, 0.6) is 0 Å². The maximum absolute atomic E-state index is 5.51. The highest BCUT2D eigenvalue weighted by Crippen LogP contribution is 2.21. The average molecular weight is 176 g/mol. The lowest BCUT2D eigenvalue weighted by Crippen LogP contribution is -2.09. The van der Waals surface area contributed by atoms with Crippen LogP contribution in [0.1, 0.15) is 18.1 Å². The minimum atomic E-state index is 0.490. The number of rotatable bonds is 3. The SMILES string of the molecule is C=C(N)Nc1c(C)cccc1CC. The number of nitrogens with two attached hydrogens (primary N) is 1. The van der Waals surface area contributed by atoms with Crippen molar-refractivity contribution in [1.29, 1.82) is 0 Å². The third-order valence-electron chi connectivity index (χ3n) is 2.03. The fourth-order valence-electron chi connectivity index (χ4n) is 1.36. The standard InChI is InChI=1S/C11H16N2/c1-4-10-7-5-6-8(2)11(10)13-9(3)12/h5-7,13H,3-4,12H2,1-2H3. The quantitative estimate of drug-likeness (QED) is 0.742. The summed E-state index contributed by atoms with van der Waals surface area (Å²) in [4.78, 5) is 0. The van der Waals surface area contributed by atoms with Crippen LogP contribution in [0.4, 0.5) is 5.69 Å². The Morgan fingerprint density at radius 2 is 2.23 bits per heavy atom. The second-order valence-corrected chi connectivity index (χ2v) is 3.11. The summed E-state index contributed by atoms with van der Waals surface area (Å²) in [6, 6.07) is 6.21. The van der Waals surface area contributed by atoms with E-state index in [0.717, 1.165) is 12.1 Å². The molecule has 0 amide bonds. The lowest BCUT2D eigenvalue weighted by Gasteiger charge is -2.12. The van der Waals surface area contributed by atoms with Crippen molar-refractivity contribution >= 4 is 5.69 Å². The van der Waals surface area contributed by atoms with E-state index in [4.69, 9.17) is 5.73 Å². The van der Waals surface area contributed by atoms with Crippen LogP contribution < -0.4 is 11.1 Å². The van der Waals surface area contributed by atoms with E-state index in [0.29, 0.717) is 5.82 Å². The molecule has 0 saturated heterocycles. The van der Waals surface area contributed by atoms with Gasteiger partial charge in [0.25, 0.3) is 0 Å². The van der Waals surface area contributed by atoms with Gasteiger partial charge in [-0.1, -0.05) is 31.7 Å². The van der Waals surface area contributed by atoms with Crippen molar-refractivity contribution in [2.75, 3.05) is 5.32 Å². The maximum Gasteiger partial charge on any atom is 0.0930 e. The smallest absolute Gasteiger partial charge is 0.0930 e. The second kappa shape index (κ2) is 3.99. The number of aryl methyl sites for hydroxylation is 2. The summed E-state index contributed by atoms with van der Waals surface area (Å²) in [5.41, 5.74) is 9.08. The molecule has 1 aromatic rings. The first-order valence-corrected chi connectivity index (χ1v) is 4.45. The Kier molecular flexibility index (Phi) is 2.96. The van der Waals surface area contributed by atoms with E-state index in [2.05, 4.69) is 43.9 Å². The topological polar surface area (TPSA) is 38.0 Å². The van der Waals surface area contributed by atoms with Crippen molar-refractivity contribution in [1.82, 2.24) is 0 Å². The van der Waals surface area contributed by atoms with Crippen molar-refractivity contribution in [2.45, 2.75) is 20.3 Å². The van der Waals surface area contributed by atoms with Crippen molar-refractivity contribution in [3.05, 3.63) is 41.7 Å². The molecule has 0 aromatic heterocycles. The van der Waals surface area contributed by atoms with Gasteiger partial charge in [0.2, 0.25) is 0 Å². The van der Waals surface area contributed by atoms with Gasteiger partial charge in [-0.05, 0) is 24.5 Å². The van der Waals surface area contributed by atoms with Gasteiger partial charge in [-0.15, -0.1) is 0 Å². The first-order valence-electron chi connectivity index (χ1n) is 4.45. The largest absolute Gasteiger partial charge is 0.386 e. The number of para-hydroxylation sites is 1. The van der Waals surface area contributed by atoms with E-state index in [1.807, 2.05) is 0 Å². The molecule has 13 heavy (non-hydrogen) atoms. The van der Waals surface area contributed by atoms with Crippen LogP contribution in [0.3, 0.4) is 0 Å². The van der Waals surface area contributed by atoms with Gasteiger partial charge < -0.3 is 11.1 Å². The summed E-state index contributed by atoms with van der Waals surface area (Å²) < 4.78 is 0. The molecule has 2 heteroatoms. The summed E-state index contributed by atoms with van der Waals surface area (Å²) in [6.45, 7) is 7.82. The highest BCUT2D eigenvalue weighted by atomic mass is 15.0. The molecule has 3 N–H and O–H groups in total. The Balaban J connectivity index is 3.07. The van der Waals surface area contributed by atoms with E-state index < -0.39 is 0 Å². The van der Waals surface area contributed by atoms with Gasteiger partial charge in [0.1, 0.15) is 0 Å². The number of hydrogen-bond donors (Lipinski definition) is 2. The van der Waals surface area contributed by atoms with Gasteiger partial charge in [-0.3, -0.25) is 0 Å². The zero-order valence-corrected chi connectivity index (χ0v) is 8.22. The molecule has 0 aliphatic carbocycles. The van der Waals surface area contributed by atoms with Crippen molar-refractivity contribution < 1.29 is 0 Å². The monoisotopic (exact) mass is 176 g/mol. The van der Waals surface area contributed by atoms with Gasteiger partial charge in [-0.2, -0.15) is 0 Å². The summed E-state index contributed by atoms with van der Waals surface area (Å²) in [5, 5.41) is 3.08. The Labute approximate surface area is 79.5 Å². The predicted molar refractivity (Wildman–Crippen MR) is 57.5 cm³/mol. The van der Waals surface area contributed by atoms with Crippen LogP contribution in [0, 0.1) is 6.92 Å². The summed E-state index contributed by atoms with van der Waals surface area (Å²) in [7, 11) is 0. The van der Waals surface area contributed by atoms with Crippen molar-refractivity contribution in [3.8, 4) is 0 Å². The summed E-state index contributed by atoms with van der Waals surface area (Å²) in [5.74, 6) is 0.490.